The van der Waals surface area contributed by atoms with Gasteiger partial charge in [-0.3, -0.25) is 4.90 Å². The molecule has 5 rings (SSSR count). The number of methoxy groups -OCH3 is 1. The van der Waals surface area contributed by atoms with Gasteiger partial charge in [0.05, 0.1) is 19.3 Å². The minimum absolute atomic E-state index is 0.217. The van der Waals surface area contributed by atoms with E-state index in [2.05, 4.69) is 25.3 Å². The molecule has 9 heteroatoms. The topological polar surface area (TPSA) is 59.3 Å². The fourth-order valence-electron chi connectivity index (χ4n) is 4.60. The highest BCUT2D eigenvalue weighted by atomic mass is 19.1. The summed E-state index contributed by atoms with van der Waals surface area (Å²) in [6.45, 7) is 3.09. The van der Waals surface area contributed by atoms with Crippen LogP contribution in [0, 0.1) is 11.6 Å². The number of halogens is 2. The number of aromatic nitrogens is 4. The molecule has 0 bridgehead atoms. The smallest absolute Gasteiger partial charge is 0.173 e. The van der Waals surface area contributed by atoms with Crippen LogP contribution in [0.3, 0.4) is 0 Å². The van der Waals surface area contributed by atoms with Crippen LogP contribution < -0.4 is 9.64 Å². The van der Waals surface area contributed by atoms with Gasteiger partial charge in [0, 0.05) is 31.7 Å². The Morgan fingerprint density at radius 1 is 0.886 bits per heavy atom. The first-order chi connectivity index (χ1) is 17.1. The second kappa shape index (κ2) is 10.2. The number of benzene rings is 3. The summed E-state index contributed by atoms with van der Waals surface area (Å²) in [7, 11) is 1.65. The lowest BCUT2D eigenvalue weighted by atomic mass is 10.0. The minimum Gasteiger partial charge on any atom is -0.496 e. The molecule has 0 N–H and O–H groups in total. The number of anilines is 1. The third-order valence-electron chi connectivity index (χ3n) is 6.36. The first kappa shape index (κ1) is 22.9. The van der Waals surface area contributed by atoms with Gasteiger partial charge in [-0.25, -0.2) is 13.5 Å². The van der Waals surface area contributed by atoms with Gasteiger partial charge in [-0.2, -0.15) is 0 Å². The number of tetrazole rings is 1. The molecule has 0 aliphatic carbocycles. The molecule has 1 aliphatic heterocycles. The van der Waals surface area contributed by atoms with E-state index in [1.54, 1.807) is 30.0 Å². The monoisotopic (exact) mass is 476 g/mol. The maximum atomic E-state index is 14.4. The summed E-state index contributed by atoms with van der Waals surface area (Å²) in [5.41, 5.74) is 2.45. The third-order valence-corrected chi connectivity index (χ3v) is 6.36. The predicted molar refractivity (Wildman–Crippen MR) is 128 cm³/mol. The molecule has 1 saturated heterocycles. The molecule has 1 fully saturated rings. The van der Waals surface area contributed by atoms with Crippen LogP contribution in [0.1, 0.15) is 23.0 Å². The molecule has 2 heterocycles. The van der Waals surface area contributed by atoms with Crippen LogP contribution in [0.2, 0.25) is 0 Å². The largest absolute Gasteiger partial charge is 0.496 e. The second-order valence-electron chi connectivity index (χ2n) is 8.44. The summed E-state index contributed by atoms with van der Waals surface area (Å²) >= 11 is 0. The molecule has 0 spiro atoms. The van der Waals surface area contributed by atoms with Crippen LogP contribution in [0.5, 0.6) is 5.75 Å². The number of hydrogen-bond donors (Lipinski definition) is 0. The maximum Gasteiger partial charge on any atom is 0.173 e. The lowest BCUT2D eigenvalue weighted by Crippen LogP contribution is -2.48. The molecular formula is C26H26F2N6O. The van der Waals surface area contributed by atoms with E-state index in [-0.39, 0.29) is 17.7 Å². The van der Waals surface area contributed by atoms with Crippen LogP contribution in [0.25, 0.3) is 0 Å². The van der Waals surface area contributed by atoms with Crippen molar-refractivity contribution in [2.24, 2.45) is 0 Å². The molecule has 4 aromatic rings. The average molecular weight is 477 g/mol. The van der Waals surface area contributed by atoms with Gasteiger partial charge in [0.15, 0.2) is 5.82 Å². The van der Waals surface area contributed by atoms with E-state index in [0.29, 0.717) is 44.2 Å². The van der Waals surface area contributed by atoms with Gasteiger partial charge in [-0.1, -0.05) is 42.5 Å². The molecule has 1 unspecified atom stereocenters. The van der Waals surface area contributed by atoms with Crippen molar-refractivity contribution in [3.63, 3.8) is 0 Å². The van der Waals surface area contributed by atoms with Crippen molar-refractivity contribution in [1.82, 2.24) is 25.1 Å². The Hall–Kier alpha value is -3.85. The van der Waals surface area contributed by atoms with Gasteiger partial charge in [0.25, 0.3) is 0 Å². The molecular weight excluding hydrogens is 450 g/mol. The Morgan fingerprint density at radius 3 is 2.34 bits per heavy atom. The lowest BCUT2D eigenvalue weighted by molar-refractivity contribution is 0.197. The summed E-state index contributed by atoms with van der Waals surface area (Å²) in [4.78, 5) is 4.36. The average Bonchev–Trinajstić information content (AvgIpc) is 3.34. The first-order valence-electron chi connectivity index (χ1n) is 11.5. The minimum atomic E-state index is -0.287. The number of para-hydroxylation sites is 2. The van der Waals surface area contributed by atoms with Crippen LogP contribution in [-0.2, 0) is 6.54 Å². The highest BCUT2D eigenvalue weighted by Crippen LogP contribution is 2.35. The Morgan fingerprint density at radius 2 is 1.60 bits per heavy atom. The van der Waals surface area contributed by atoms with Crippen molar-refractivity contribution in [2.45, 2.75) is 12.6 Å². The van der Waals surface area contributed by atoms with Gasteiger partial charge in [-0.05, 0) is 46.3 Å². The van der Waals surface area contributed by atoms with E-state index < -0.39 is 0 Å². The summed E-state index contributed by atoms with van der Waals surface area (Å²) in [6, 6.07) is 20.7. The molecule has 1 atom stereocenters. The molecule has 1 aliphatic rings. The molecule has 0 radical (unpaired) electrons. The molecule has 0 amide bonds. The maximum absolute atomic E-state index is 14.4. The van der Waals surface area contributed by atoms with E-state index >= 15 is 0 Å². The van der Waals surface area contributed by atoms with E-state index in [1.807, 2.05) is 36.4 Å². The summed E-state index contributed by atoms with van der Waals surface area (Å²) in [5, 5.41) is 12.6. The van der Waals surface area contributed by atoms with Crippen molar-refractivity contribution in [3.05, 3.63) is 101 Å². The zero-order valence-corrected chi connectivity index (χ0v) is 19.4. The van der Waals surface area contributed by atoms with Crippen LogP contribution in [-0.4, -0.2) is 58.4 Å². The third kappa shape index (κ3) is 4.85. The molecule has 3 aromatic carbocycles. The Bertz CT molecular complexity index is 1270. The van der Waals surface area contributed by atoms with Crippen molar-refractivity contribution >= 4 is 5.69 Å². The number of rotatable bonds is 7. The van der Waals surface area contributed by atoms with Crippen molar-refractivity contribution in [1.29, 1.82) is 0 Å². The molecule has 35 heavy (non-hydrogen) atoms. The molecule has 0 saturated carbocycles. The van der Waals surface area contributed by atoms with Gasteiger partial charge >= 0.3 is 0 Å². The highest BCUT2D eigenvalue weighted by molar-refractivity contribution is 5.48. The van der Waals surface area contributed by atoms with E-state index in [4.69, 9.17) is 4.74 Å². The fraction of sp³-hybridized carbons (Fsp3) is 0.269. The fourth-order valence-corrected chi connectivity index (χ4v) is 4.60. The van der Waals surface area contributed by atoms with Gasteiger partial charge in [0.2, 0.25) is 0 Å². The zero-order valence-electron chi connectivity index (χ0n) is 19.4. The number of hydrogen-bond acceptors (Lipinski definition) is 6. The Labute approximate surface area is 202 Å². The standard InChI is InChI=1S/C26H26F2N6O/c1-35-24-9-5-2-6-21(24)25(26-29-30-31-34(26)18-19-10-12-20(27)13-11-19)33-16-14-32(15-17-33)23-8-4-3-7-22(23)28/h2-13,25H,14-18H2,1H3. The molecule has 1 aromatic heterocycles. The summed E-state index contributed by atoms with van der Waals surface area (Å²) in [6.07, 6.45) is 0. The van der Waals surface area contributed by atoms with Crippen LogP contribution >= 0.6 is 0 Å². The number of piperazine rings is 1. The highest BCUT2D eigenvalue weighted by Gasteiger charge is 2.33. The quantitative estimate of drug-likeness (QED) is 0.403. The predicted octanol–water partition coefficient (Wildman–Crippen LogP) is 3.92. The van der Waals surface area contributed by atoms with Gasteiger partial charge < -0.3 is 9.64 Å². The van der Waals surface area contributed by atoms with Crippen molar-refractivity contribution in [3.8, 4) is 5.75 Å². The van der Waals surface area contributed by atoms with Gasteiger partial charge in [0.1, 0.15) is 23.4 Å². The number of nitrogens with zero attached hydrogens (tertiary/aromatic N) is 6. The first-order valence-corrected chi connectivity index (χ1v) is 11.5. The van der Waals surface area contributed by atoms with Gasteiger partial charge in [-0.15, -0.1) is 5.10 Å². The van der Waals surface area contributed by atoms with E-state index in [1.165, 1.54) is 18.2 Å². The van der Waals surface area contributed by atoms with Crippen molar-refractivity contribution < 1.29 is 13.5 Å². The van der Waals surface area contributed by atoms with Crippen molar-refractivity contribution in [2.75, 3.05) is 38.2 Å². The molecule has 7 nitrogen and oxygen atoms in total. The normalized spacial score (nSPS) is 15.2. The van der Waals surface area contributed by atoms with E-state index in [9.17, 15) is 8.78 Å². The summed E-state index contributed by atoms with van der Waals surface area (Å²) in [5.74, 6) is 0.902. The van der Waals surface area contributed by atoms with E-state index in [0.717, 1.165) is 16.9 Å². The Kier molecular flexibility index (Phi) is 6.67. The van der Waals surface area contributed by atoms with Crippen LogP contribution in [0.15, 0.2) is 72.8 Å². The van der Waals surface area contributed by atoms with Crippen LogP contribution in [0.4, 0.5) is 14.5 Å². The molecule has 180 valence electrons. The lowest BCUT2D eigenvalue weighted by Gasteiger charge is -2.40. The number of ether oxygens (including phenoxy) is 1. The zero-order chi connectivity index (χ0) is 24.2. The Balaban J connectivity index is 1.46. The second-order valence-corrected chi connectivity index (χ2v) is 8.44. The SMILES string of the molecule is COc1ccccc1C(c1nnnn1Cc1ccc(F)cc1)N1CCN(c2ccccc2F)CC1. The summed E-state index contributed by atoms with van der Waals surface area (Å²) < 4.78 is 35.2.